The number of hydrogen-bond acceptors (Lipinski definition) is 3. The number of benzene rings is 1. The first-order valence-electron chi connectivity index (χ1n) is 7.50. The highest BCUT2D eigenvalue weighted by molar-refractivity contribution is 6.36. The van der Waals surface area contributed by atoms with Gasteiger partial charge in [-0.05, 0) is 17.7 Å². The Kier molecular flexibility index (Phi) is 8.77. The van der Waals surface area contributed by atoms with Gasteiger partial charge in [0.25, 0.3) is 0 Å². The molecule has 0 aliphatic carbocycles. The van der Waals surface area contributed by atoms with E-state index in [0.29, 0.717) is 28.7 Å². The number of nitrogens with one attached hydrogen (secondary N) is 2. The fraction of sp³-hybridized carbons (Fsp3) is 0.533. The number of carbonyl (C=O) groups excluding carboxylic acids is 1. The second-order valence-corrected chi connectivity index (χ2v) is 6.34. The third-order valence-electron chi connectivity index (χ3n) is 3.86. The summed E-state index contributed by atoms with van der Waals surface area (Å²) in [5, 5.41) is 5.98. The number of piperazine rings is 1. The van der Waals surface area contributed by atoms with Crippen molar-refractivity contribution in [3.8, 4) is 0 Å². The first-order valence-corrected chi connectivity index (χ1v) is 8.25. The molecule has 25 heavy (non-hydrogen) atoms. The molecule has 1 heterocycles. The average Bonchev–Trinajstić information content (AvgIpc) is 2.51. The number of rotatable bonds is 5. The average molecular weight is 421 g/mol. The van der Waals surface area contributed by atoms with Crippen molar-refractivity contribution < 1.29 is 18.0 Å². The van der Waals surface area contributed by atoms with Crippen LogP contribution >= 0.6 is 35.6 Å². The van der Waals surface area contributed by atoms with E-state index >= 15 is 0 Å². The van der Waals surface area contributed by atoms with Gasteiger partial charge in [0.05, 0.1) is 6.42 Å². The van der Waals surface area contributed by atoms with Gasteiger partial charge >= 0.3 is 6.18 Å². The molecule has 2 N–H and O–H groups in total. The van der Waals surface area contributed by atoms with E-state index in [1.807, 2.05) is 0 Å². The number of amides is 1. The van der Waals surface area contributed by atoms with Gasteiger partial charge in [-0.15, -0.1) is 12.4 Å². The Balaban J connectivity index is 0.00000312. The van der Waals surface area contributed by atoms with Crippen LogP contribution < -0.4 is 10.6 Å². The summed E-state index contributed by atoms with van der Waals surface area (Å²) >= 11 is 11.9. The molecule has 0 bridgehead atoms. The summed E-state index contributed by atoms with van der Waals surface area (Å²) in [6, 6.07) is 3.09. The molecule has 1 aliphatic rings. The molecule has 0 spiro atoms. The van der Waals surface area contributed by atoms with Gasteiger partial charge in [-0.1, -0.05) is 29.3 Å². The molecule has 1 aliphatic heterocycles. The molecule has 0 saturated carbocycles. The normalized spacial score (nSPS) is 16.8. The summed E-state index contributed by atoms with van der Waals surface area (Å²) < 4.78 is 39.8. The minimum atomic E-state index is -4.41. The summed E-state index contributed by atoms with van der Waals surface area (Å²) in [4.78, 5) is 13.3. The van der Waals surface area contributed by atoms with Crippen LogP contribution in [0.4, 0.5) is 13.2 Å². The minimum absolute atomic E-state index is 0. The number of alkyl halides is 3. The molecule has 142 valence electrons. The number of hydrogen-bond donors (Lipinski definition) is 2. The van der Waals surface area contributed by atoms with Gasteiger partial charge in [0.1, 0.15) is 6.04 Å². The van der Waals surface area contributed by atoms with Crippen molar-refractivity contribution in [2.75, 3.05) is 32.7 Å². The van der Waals surface area contributed by atoms with Crippen molar-refractivity contribution >= 4 is 41.5 Å². The first kappa shape index (κ1) is 22.3. The van der Waals surface area contributed by atoms with E-state index in [4.69, 9.17) is 23.2 Å². The molecule has 1 unspecified atom stereocenters. The molecule has 4 nitrogen and oxygen atoms in total. The van der Waals surface area contributed by atoms with Crippen LogP contribution in [-0.2, 0) is 11.2 Å². The van der Waals surface area contributed by atoms with E-state index in [2.05, 4.69) is 10.6 Å². The SMILES string of the molecule is Cl.O=C(Cc1c(Cl)cccc1Cl)NCC(N1CCNCC1)C(F)(F)F. The van der Waals surface area contributed by atoms with E-state index in [-0.39, 0.29) is 31.9 Å². The summed E-state index contributed by atoms with van der Waals surface area (Å²) in [7, 11) is 0. The molecule has 1 saturated heterocycles. The minimum Gasteiger partial charge on any atom is -0.354 e. The largest absolute Gasteiger partial charge is 0.405 e. The zero-order valence-corrected chi connectivity index (χ0v) is 15.5. The summed E-state index contributed by atoms with van der Waals surface area (Å²) in [6.07, 6.45) is -4.57. The number of halogens is 6. The predicted molar refractivity (Wildman–Crippen MR) is 94.7 cm³/mol. The Morgan fingerprint density at radius 3 is 2.32 bits per heavy atom. The topological polar surface area (TPSA) is 44.4 Å². The Labute approximate surface area is 160 Å². The van der Waals surface area contributed by atoms with Crippen LogP contribution in [0.1, 0.15) is 5.56 Å². The third-order valence-corrected chi connectivity index (χ3v) is 4.57. The van der Waals surface area contributed by atoms with Gasteiger partial charge in [-0.25, -0.2) is 0 Å². The fourth-order valence-corrected chi connectivity index (χ4v) is 3.11. The van der Waals surface area contributed by atoms with Gasteiger partial charge in [0.2, 0.25) is 5.91 Å². The highest BCUT2D eigenvalue weighted by Gasteiger charge is 2.43. The molecule has 1 amide bonds. The number of nitrogens with zero attached hydrogens (tertiary/aromatic N) is 1. The molecule has 0 radical (unpaired) electrons. The molecule has 1 atom stereocenters. The van der Waals surface area contributed by atoms with Crippen molar-refractivity contribution in [1.82, 2.24) is 15.5 Å². The Bertz CT molecular complexity index is 561. The van der Waals surface area contributed by atoms with Gasteiger partial charge < -0.3 is 10.6 Å². The zero-order valence-electron chi connectivity index (χ0n) is 13.2. The Morgan fingerprint density at radius 2 is 1.80 bits per heavy atom. The molecule has 0 aromatic heterocycles. The van der Waals surface area contributed by atoms with Crippen molar-refractivity contribution in [1.29, 1.82) is 0 Å². The molecular formula is C15H19Cl3F3N3O. The zero-order chi connectivity index (χ0) is 17.7. The van der Waals surface area contributed by atoms with Crippen LogP contribution in [0.25, 0.3) is 0 Å². The second kappa shape index (κ2) is 9.83. The predicted octanol–water partition coefficient (Wildman–Crippen LogP) is 2.91. The van der Waals surface area contributed by atoms with Crippen molar-refractivity contribution in [3.63, 3.8) is 0 Å². The van der Waals surface area contributed by atoms with Crippen molar-refractivity contribution in [3.05, 3.63) is 33.8 Å². The van der Waals surface area contributed by atoms with Crippen LogP contribution in [0.15, 0.2) is 18.2 Å². The number of carbonyl (C=O) groups is 1. The van der Waals surface area contributed by atoms with E-state index < -0.39 is 24.7 Å². The summed E-state index contributed by atoms with van der Waals surface area (Å²) in [6.45, 7) is 1.07. The Hall–Kier alpha value is -0.730. The lowest BCUT2D eigenvalue weighted by molar-refractivity contribution is -0.184. The van der Waals surface area contributed by atoms with Crippen LogP contribution in [0.3, 0.4) is 0 Å². The monoisotopic (exact) mass is 419 g/mol. The quantitative estimate of drug-likeness (QED) is 0.770. The van der Waals surface area contributed by atoms with Crippen LogP contribution in [0, 0.1) is 0 Å². The molecule has 1 aromatic rings. The maximum atomic E-state index is 13.3. The first-order chi connectivity index (χ1) is 11.3. The van der Waals surface area contributed by atoms with Crippen molar-refractivity contribution in [2.24, 2.45) is 0 Å². The Morgan fingerprint density at radius 1 is 1.24 bits per heavy atom. The molecule has 1 aromatic carbocycles. The lowest BCUT2D eigenvalue weighted by Gasteiger charge is -2.35. The smallest absolute Gasteiger partial charge is 0.354 e. The molecule has 1 fully saturated rings. The van der Waals surface area contributed by atoms with Gasteiger partial charge in [0.15, 0.2) is 0 Å². The van der Waals surface area contributed by atoms with E-state index in [9.17, 15) is 18.0 Å². The van der Waals surface area contributed by atoms with E-state index in [1.165, 1.54) is 4.90 Å². The maximum Gasteiger partial charge on any atom is 0.405 e. The molecule has 2 rings (SSSR count). The maximum absolute atomic E-state index is 13.3. The van der Waals surface area contributed by atoms with Crippen LogP contribution in [0.2, 0.25) is 10.0 Å². The summed E-state index contributed by atoms with van der Waals surface area (Å²) in [5.74, 6) is -0.547. The molecular weight excluding hydrogens is 402 g/mol. The van der Waals surface area contributed by atoms with Crippen LogP contribution in [-0.4, -0.2) is 55.7 Å². The lowest BCUT2D eigenvalue weighted by Crippen LogP contribution is -2.57. The lowest BCUT2D eigenvalue weighted by atomic mass is 10.1. The van der Waals surface area contributed by atoms with Gasteiger partial charge in [0, 0.05) is 42.8 Å². The van der Waals surface area contributed by atoms with Gasteiger partial charge in [-0.3, -0.25) is 9.69 Å². The third kappa shape index (κ3) is 6.49. The van der Waals surface area contributed by atoms with Gasteiger partial charge in [-0.2, -0.15) is 13.2 Å². The summed E-state index contributed by atoms with van der Waals surface area (Å²) in [5.41, 5.74) is 0.407. The fourth-order valence-electron chi connectivity index (χ4n) is 2.58. The molecule has 10 heteroatoms. The highest BCUT2D eigenvalue weighted by Crippen LogP contribution is 2.26. The van der Waals surface area contributed by atoms with E-state index in [1.54, 1.807) is 18.2 Å². The van der Waals surface area contributed by atoms with Crippen LogP contribution in [0.5, 0.6) is 0 Å². The second-order valence-electron chi connectivity index (χ2n) is 5.52. The highest BCUT2D eigenvalue weighted by atomic mass is 35.5. The van der Waals surface area contributed by atoms with E-state index in [0.717, 1.165) is 0 Å². The van der Waals surface area contributed by atoms with Crippen molar-refractivity contribution in [2.45, 2.75) is 18.6 Å². The standard InChI is InChI=1S/C15H18Cl2F3N3O.ClH/c16-11-2-1-3-12(17)10(11)8-14(24)22-9-13(15(18,19)20)23-6-4-21-5-7-23;/h1-3,13,21H,4-9H2,(H,22,24);1H.